The summed E-state index contributed by atoms with van der Waals surface area (Å²) in [6.45, 7) is 6.36. The maximum atomic E-state index is 13.0. The normalized spacial score (nSPS) is 15.7. The number of carbonyl (C=O) groups is 1. The van der Waals surface area contributed by atoms with Crippen LogP contribution in [0.1, 0.15) is 30.9 Å². The maximum Gasteiger partial charge on any atom is 0.263 e. The predicted octanol–water partition coefficient (Wildman–Crippen LogP) is 4.51. The van der Waals surface area contributed by atoms with Crippen LogP contribution < -0.4 is 19.7 Å². The standard InChI is InChI=1S/C26H30N4O3/c1-3-32-23-13-7-5-10-20(23)17-29-25(31)21-11-8-16-30(18-21)24-26(28-15-14-27-24)33-22-12-6-4-9-19(22)2/h4-7,9-10,12-15,21H,3,8,11,16-18H2,1-2H3,(H,29,31)/t21-/m0/s1. The molecule has 1 atom stereocenters. The number of rotatable bonds is 8. The van der Waals surface area contributed by atoms with Crippen LogP contribution in [0.3, 0.4) is 0 Å². The average molecular weight is 447 g/mol. The molecule has 1 saturated heterocycles. The molecular weight excluding hydrogens is 416 g/mol. The molecule has 1 amide bonds. The summed E-state index contributed by atoms with van der Waals surface area (Å²) in [6, 6.07) is 15.6. The molecule has 7 heteroatoms. The zero-order valence-corrected chi connectivity index (χ0v) is 19.2. The molecule has 2 aromatic carbocycles. The first kappa shape index (κ1) is 22.6. The van der Waals surface area contributed by atoms with Crippen molar-refractivity contribution < 1.29 is 14.3 Å². The third kappa shape index (κ3) is 5.61. The van der Waals surface area contributed by atoms with Crippen molar-refractivity contribution in [1.29, 1.82) is 0 Å². The molecule has 0 aliphatic carbocycles. The first-order chi connectivity index (χ1) is 16.2. The molecule has 4 rings (SSSR count). The number of ether oxygens (including phenoxy) is 2. The molecule has 33 heavy (non-hydrogen) atoms. The third-order valence-electron chi connectivity index (χ3n) is 5.76. The van der Waals surface area contributed by atoms with Gasteiger partial charge >= 0.3 is 0 Å². The van der Waals surface area contributed by atoms with Crippen molar-refractivity contribution in [2.75, 3.05) is 24.6 Å². The van der Waals surface area contributed by atoms with Gasteiger partial charge < -0.3 is 19.7 Å². The van der Waals surface area contributed by atoms with Crippen molar-refractivity contribution in [3.8, 4) is 17.4 Å². The summed E-state index contributed by atoms with van der Waals surface area (Å²) in [7, 11) is 0. The summed E-state index contributed by atoms with van der Waals surface area (Å²) in [5.74, 6) is 2.59. The third-order valence-corrected chi connectivity index (χ3v) is 5.76. The summed E-state index contributed by atoms with van der Waals surface area (Å²) < 4.78 is 11.8. The fraction of sp³-hybridized carbons (Fsp3) is 0.346. The van der Waals surface area contributed by atoms with Crippen LogP contribution in [0.2, 0.25) is 0 Å². The van der Waals surface area contributed by atoms with Crippen LogP contribution in [0.4, 0.5) is 5.82 Å². The summed E-state index contributed by atoms with van der Waals surface area (Å²) in [5, 5.41) is 3.09. The van der Waals surface area contributed by atoms with E-state index in [0.717, 1.165) is 42.0 Å². The molecule has 7 nitrogen and oxygen atoms in total. The van der Waals surface area contributed by atoms with Crippen LogP contribution in [0.25, 0.3) is 0 Å². The number of nitrogens with one attached hydrogen (secondary N) is 1. The van der Waals surface area contributed by atoms with Crippen LogP contribution in [0, 0.1) is 12.8 Å². The molecule has 0 radical (unpaired) electrons. The maximum absolute atomic E-state index is 13.0. The number of para-hydroxylation sites is 2. The second kappa shape index (κ2) is 10.8. The number of carbonyl (C=O) groups excluding carboxylic acids is 1. The molecule has 0 spiro atoms. The molecule has 172 valence electrons. The van der Waals surface area contributed by atoms with Gasteiger partial charge in [0, 0.05) is 37.6 Å². The quantitative estimate of drug-likeness (QED) is 0.549. The Morgan fingerprint density at radius 3 is 2.67 bits per heavy atom. The van der Waals surface area contributed by atoms with Crippen LogP contribution >= 0.6 is 0 Å². The zero-order valence-electron chi connectivity index (χ0n) is 19.2. The summed E-state index contributed by atoms with van der Waals surface area (Å²) in [6.07, 6.45) is 5.02. The Kier molecular flexibility index (Phi) is 7.40. The topological polar surface area (TPSA) is 76.6 Å². The van der Waals surface area contributed by atoms with Gasteiger partial charge in [0.15, 0.2) is 5.82 Å². The van der Waals surface area contributed by atoms with Gasteiger partial charge in [-0.05, 0) is 44.4 Å². The van der Waals surface area contributed by atoms with E-state index in [1.807, 2.05) is 62.4 Å². The number of piperidine rings is 1. The van der Waals surface area contributed by atoms with Crippen molar-refractivity contribution >= 4 is 11.7 Å². The lowest BCUT2D eigenvalue weighted by Gasteiger charge is -2.33. The highest BCUT2D eigenvalue weighted by Crippen LogP contribution is 2.32. The largest absolute Gasteiger partial charge is 0.494 e. The second-order valence-electron chi connectivity index (χ2n) is 8.10. The SMILES string of the molecule is CCOc1ccccc1CNC(=O)[C@H]1CCCN(c2nccnc2Oc2ccccc2C)C1. The van der Waals surface area contributed by atoms with Crippen LogP contribution in [-0.2, 0) is 11.3 Å². The van der Waals surface area contributed by atoms with E-state index in [2.05, 4.69) is 20.2 Å². The Labute approximate surface area is 194 Å². The highest BCUT2D eigenvalue weighted by Gasteiger charge is 2.28. The van der Waals surface area contributed by atoms with Crippen molar-refractivity contribution in [2.24, 2.45) is 5.92 Å². The molecule has 3 aromatic rings. The highest BCUT2D eigenvalue weighted by atomic mass is 16.5. The minimum absolute atomic E-state index is 0.0382. The monoisotopic (exact) mass is 446 g/mol. The minimum Gasteiger partial charge on any atom is -0.494 e. The Hall–Kier alpha value is -3.61. The minimum atomic E-state index is -0.133. The number of anilines is 1. The number of amides is 1. The fourth-order valence-electron chi connectivity index (χ4n) is 4.04. The molecule has 0 unspecified atom stereocenters. The van der Waals surface area contributed by atoms with E-state index in [9.17, 15) is 4.79 Å². The van der Waals surface area contributed by atoms with Gasteiger partial charge in [-0.2, -0.15) is 0 Å². The molecule has 0 bridgehead atoms. The lowest BCUT2D eigenvalue weighted by Crippen LogP contribution is -2.43. The van der Waals surface area contributed by atoms with E-state index in [1.54, 1.807) is 12.4 Å². The fourth-order valence-corrected chi connectivity index (χ4v) is 4.04. The number of nitrogens with zero attached hydrogens (tertiary/aromatic N) is 3. The van der Waals surface area contributed by atoms with Crippen LogP contribution in [-0.4, -0.2) is 35.6 Å². The Morgan fingerprint density at radius 1 is 1.09 bits per heavy atom. The lowest BCUT2D eigenvalue weighted by molar-refractivity contribution is -0.125. The number of aryl methyl sites for hydroxylation is 1. The molecule has 1 aliphatic heterocycles. The molecule has 1 fully saturated rings. The first-order valence-corrected chi connectivity index (χ1v) is 11.4. The summed E-state index contributed by atoms with van der Waals surface area (Å²) in [5.41, 5.74) is 2.00. The number of aromatic nitrogens is 2. The van der Waals surface area contributed by atoms with Crippen LogP contribution in [0.5, 0.6) is 17.4 Å². The van der Waals surface area contributed by atoms with Gasteiger partial charge in [-0.1, -0.05) is 36.4 Å². The number of benzene rings is 2. The van der Waals surface area contributed by atoms with Gasteiger partial charge in [0.05, 0.1) is 12.5 Å². The van der Waals surface area contributed by atoms with Crippen molar-refractivity contribution in [3.05, 3.63) is 72.1 Å². The van der Waals surface area contributed by atoms with Crippen molar-refractivity contribution in [3.63, 3.8) is 0 Å². The molecule has 0 saturated carbocycles. The van der Waals surface area contributed by atoms with Gasteiger partial charge in [-0.25, -0.2) is 9.97 Å². The average Bonchev–Trinajstić information content (AvgIpc) is 2.85. The van der Waals surface area contributed by atoms with Gasteiger partial charge in [0.25, 0.3) is 5.88 Å². The lowest BCUT2D eigenvalue weighted by atomic mass is 9.97. The Bertz CT molecular complexity index is 1090. The predicted molar refractivity (Wildman–Crippen MR) is 128 cm³/mol. The van der Waals surface area contributed by atoms with E-state index in [-0.39, 0.29) is 11.8 Å². The van der Waals surface area contributed by atoms with Gasteiger partial charge in [-0.3, -0.25) is 4.79 Å². The van der Waals surface area contributed by atoms with E-state index in [1.165, 1.54) is 0 Å². The Balaban J connectivity index is 1.43. The van der Waals surface area contributed by atoms with Crippen molar-refractivity contribution in [2.45, 2.75) is 33.2 Å². The number of hydrogen-bond donors (Lipinski definition) is 1. The molecular formula is C26H30N4O3. The summed E-state index contributed by atoms with van der Waals surface area (Å²) >= 11 is 0. The molecule has 1 aliphatic rings. The van der Waals surface area contributed by atoms with Gasteiger partial charge in [0.1, 0.15) is 11.5 Å². The van der Waals surface area contributed by atoms with E-state index >= 15 is 0 Å². The van der Waals surface area contributed by atoms with E-state index in [0.29, 0.717) is 31.4 Å². The van der Waals surface area contributed by atoms with E-state index < -0.39 is 0 Å². The second-order valence-corrected chi connectivity index (χ2v) is 8.10. The highest BCUT2D eigenvalue weighted by molar-refractivity contribution is 5.79. The number of hydrogen-bond acceptors (Lipinski definition) is 6. The van der Waals surface area contributed by atoms with E-state index in [4.69, 9.17) is 9.47 Å². The summed E-state index contributed by atoms with van der Waals surface area (Å²) in [4.78, 5) is 24.1. The molecule has 2 heterocycles. The molecule has 1 N–H and O–H groups in total. The van der Waals surface area contributed by atoms with Crippen LogP contribution in [0.15, 0.2) is 60.9 Å². The van der Waals surface area contributed by atoms with Crippen molar-refractivity contribution in [1.82, 2.24) is 15.3 Å². The first-order valence-electron chi connectivity index (χ1n) is 11.4. The van der Waals surface area contributed by atoms with Gasteiger partial charge in [0.2, 0.25) is 5.91 Å². The van der Waals surface area contributed by atoms with Gasteiger partial charge in [-0.15, -0.1) is 0 Å². The zero-order chi connectivity index (χ0) is 23.0. The smallest absolute Gasteiger partial charge is 0.263 e. The molecule has 1 aromatic heterocycles. The Morgan fingerprint density at radius 2 is 1.85 bits per heavy atom.